The van der Waals surface area contributed by atoms with E-state index < -0.39 is 5.41 Å². The van der Waals surface area contributed by atoms with E-state index in [9.17, 15) is 15.8 Å². The molecule has 1 aromatic carbocycles. The molecule has 0 aromatic heterocycles. The minimum absolute atomic E-state index is 0.0693. The standard InChI is InChI=1S/C20H19N5/c1-25-8-7-15-16(10-21)19(24)20(12-22,13-23)18(17(15)11-25)9-14-5-3-2-4-6-14/h2-7,17-18H,8-9,11,24H2,1H3. The Morgan fingerprint density at radius 1 is 1.20 bits per heavy atom. The maximum absolute atomic E-state index is 9.90. The van der Waals surface area contributed by atoms with Crippen LogP contribution in [-0.4, -0.2) is 25.0 Å². The Labute approximate surface area is 147 Å². The molecule has 2 atom stereocenters. The van der Waals surface area contributed by atoms with Gasteiger partial charge in [-0.3, -0.25) is 0 Å². The van der Waals surface area contributed by atoms with Crippen molar-refractivity contribution in [2.45, 2.75) is 6.42 Å². The average Bonchev–Trinajstić information content (AvgIpc) is 2.64. The van der Waals surface area contributed by atoms with Gasteiger partial charge in [-0.15, -0.1) is 0 Å². The Morgan fingerprint density at radius 3 is 2.48 bits per heavy atom. The molecule has 0 spiro atoms. The fourth-order valence-corrected chi connectivity index (χ4v) is 4.00. The Morgan fingerprint density at radius 2 is 1.88 bits per heavy atom. The maximum Gasteiger partial charge on any atom is 0.187 e. The number of nitriles is 3. The molecular weight excluding hydrogens is 310 g/mol. The lowest BCUT2D eigenvalue weighted by Crippen LogP contribution is -2.49. The topological polar surface area (TPSA) is 101 Å². The van der Waals surface area contributed by atoms with Crippen molar-refractivity contribution < 1.29 is 0 Å². The van der Waals surface area contributed by atoms with Crippen molar-refractivity contribution in [2.24, 2.45) is 23.0 Å². The van der Waals surface area contributed by atoms with E-state index in [1.165, 1.54) is 0 Å². The molecule has 0 amide bonds. The first-order chi connectivity index (χ1) is 12.1. The van der Waals surface area contributed by atoms with Crippen molar-refractivity contribution in [1.29, 1.82) is 15.8 Å². The number of benzene rings is 1. The molecule has 2 unspecified atom stereocenters. The van der Waals surface area contributed by atoms with E-state index in [0.29, 0.717) is 18.5 Å². The van der Waals surface area contributed by atoms with E-state index in [0.717, 1.165) is 17.7 Å². The van der Waals surface area contributed by atoms with Gasteiger partial charge in [0.05, 0.1) is 23.4 Å². The predicted molar refractivity (Wildman–Crippen MR) is 93.2 cm³/mol. The Bertz CT molecular complexity index is 846. The first-order valence-electron chi connectivity index (χ1n) is 8.23. The van der Waals surface area contributed by atoms with Gasteiger partial charge in [0.2, 0.25) is 0 Å². The second-order valence-corrected chi connectivity index (χ2v) is 6.72. The highest BCUT2D eigenvalue weighted by Gasteiger charge is 2.53. The summed E-state index contributed by atoms with van der Waals surface area (Å²) >= 11 is 0. The lowest BCUT2D eigenvalue weighted by molar-refractivity contribution is 0.186. The number of nitrogens with two attached hydrogens (primary N) is 1. The van der Waals surface area contributed by atoms with Crippen LogP contribution in [-0.2, 0) is 6.42 Å². The number of fused-ring (bicyclic) bond motifs is 1. The van der Waals surface area contributed by atoms with Gasteiger partial charge in [-0.1, -0.05) is 36.4 Å². The second kappa shape index (κ2) is 6.44. The minimum atomic E-state index is -1.49. The molecule has 2 aliphatic rings. The van der Waals surface area contributed by atoms with Crippen molar-refractivity contribution in [3.8, 4) is 18.2 Å². The molecule has 124 valence electrons. The molecule has 0 saturated heterocycles. The highest BCUT2D eigenvalue weighted by atomic mass is 15.1. The van der Waals surface area contributed by atoms with Crippen molar-refractivity contribution in [2.75, 3.05) is 20.1 Å². The molecule has 0 radical (unpaired) electrons. The largest absolute Gasteiger partial charge is 0.399 e. The maximum atomic E-state index is 9.90. The lowest BCUT2D eigenvalue weighted by atomic mass is 9.58. The SMILES string of the molecule is CN1CC=C2C(C#N)=C(N)C(C#N)(C#N)C(Cc3ccccc3)C2C1. The summed E-state index contributed by atoms with van der Waals surface area (Å²) in [5, 5.41) is 29.4. The van der Waals surface area contributed by atoms with Gasteiger partial charge in [-0.25, -0.2) is 0 Å². The predicted octanol–water partition coefficient (Wildman–Crippen LogP) is 2.12. The van der Waals surface area contributed by atoms with Crippen molar-refractivity contribution in [1.82, 2.24) is 4.90 Å². The summed E-state index contributed by atoms with van der Waals surface area (Å²) < 4.78 is 0. The molecule has 1 aromatic rings. The van der Waals surface area contributed by atoms with E-state index in [-0.39, 0.29) is 17.5 Å². The quantitative estimate of drug-likeness (QED) is 0.895. The summed E-state index contributed by atoms with van der Waals surface area (Å²) in [4.78, 5) is 2.14. The van der Waals surface area contributed by atoms with Gasteiger partial charge >= 0.3 is 0 Å². The van der Waals surface area contributed by atoms with Crippen LogP contribution in [0.15, 0.2) is 53.3 Å². The third-order valence-corrected chi connectivity index (χ3v) is 5.32. The first-order valence-corrected chi connectivity index (χ1v) is 8.23. The number of hydrogen-bond donors (Lipinski definition) is 1. The molecule has 25 heavy (non-hydrogen) atoms. The normalized spacial score (nSPS) is 25.1. The molecule has 0 fully saturated rings. The number of hydrogen-bond acceptors (Lipinski definition) is 5. The van der Waals surface area contributed by atoms with Crippen molar-refractivity contribution >= 4 is 0 Å². The molecule has 0 bridgehead atoms. The van der Waals surface area contributed by atoms with Gasteiger partial charge in [0.15, 0.2) is 5.41 Å². The van der Waals surface area contributed by atoms with Gasteiger partial charge in [-0.2, -0.15) is 15.8 Å². The molecule has 1 aliphatic heterocycles. The van der Waals surface area contributed by atoms with E-state index in [2.05, 4.69) is 23.1 Å². The summed E-state index contributed by atoms with van der Waals surface area (Å²) in [5.41, 5.74) is 7.11. The highest BCUT2D eigenvalue weighted by Crippen LogP contribution is 2.50. The van der Waals surface area contributed by atoms with Crippen molar-refractivity contribution in [3.63, 3.8) is 0 Å². The van der Waals surface area contributed by atoms with Crippen LogP contribution in [0.25, 0.3) is 0 Å². The molecular formula is C20H19N5. The molecule has 3 rings (SSSR count). The third kappa shape index (κ3) is 2.58. The van der Waals surface area contributed by atoms with Gasteiger partial charge in [-0.05, 0) is 24.6 Å². The number of likely N-dealkylation sites (N-methyl/N-ethyl adjacent to an activating group) is 1. The van der Waals surface area contributed by atoms with E-state index in [1.54, 1.807) is 0 Å². The number of allylic oxidation sites excluding steroid dienone is 2. The molecule has 2 N–H and O–H groups in total. The fourth-order valence-electron chi connectivity index (χ4n) is 4.00. The zero-order chi connectivity index (χ0) is 18.0. The average molecular weight is 329 g/mol. The zero-order valence-electron chi connectivity index (χ0n) is 14.1. The van der Waals surface area contributed by atoms with Crippen LogP contribution in [0.5, 0.6) is 0 Å². The van der Waals surface area contributed by atoms with Crippen LogP contribution < -0.4 is 5.73 Å². The minimum Gasteiger partial charge on any atom is -0.399 e. The van der Waals surface area contributed by atoms with Gasteiger partial charge in [0.25, 0.3) is 0 Å². The van der Waals surface area contributed by atoms with Crippen LogP contribution in [0, 0.1) is 51.2 Å². The third-order valence-electron chi connectivity index (χ3n) is 5.32. The van der Waals surface area contributed by atoms with Gasteiger partial charge < -0.3 is 10.6 Å². The van der Waals surface area contributed by atoms with Crippen LogP contribution in [0.1, 0.15) is 5.56 Å². The Hall–Kier alpha value is -3.07. The smallest absolute Gasteiger partial charge is 0.187 e. The van der Waals surface area contributed by atoms with Crippen molar-refractivity contribution in [3.05, 3.63) is 58.8 Å². The van der Waals surface area contributed by atoms with Gasteiger partial charge in [0.1, 0.15) is 6.07 Å². The second-order valence-electron chi connectivity index (χ2n) is 6.72. The summed E-state index contributed by atoms with van der Waals surface area (Å²) in [6, 6.07) is 16.3. The molecule has 1 heterocycles. The fraction of sp³-hybridized carbons (Fsp3) is 0.350. The molecule has 0 saturated carbocycles. The molecule has 5 nitrogen and oxygen atoms in total. The molecule has 5 heteroatoms. The Balaban J connectivity index is 2.19. The summed E-state index contributed by atoms with van der Waals surface area (Å²) in [6.07, 6.45) is 2.58. The highest BCUT2D eigenvalue weighted by molar-refractivity contribution is 5.56. The van der Waals surface area contributed by atoms with E-state index in [1.807, 2.05) is 43.5 Å². The van der Waals surface area contributed by atoms with E-state index >= 15 is 0 Å². The van der Waals surface area contributed by atoms with Crippen LogP contribution in [0.3, 0.4) is 0 Å². The molecule has 1 aliphatic carbocycles. The van der Waals surface area contributed by atoms with Gasteiger partial charge in [0, 0.05) is 24.9 Å². The number of rotatable bonds is 2. The van der Waals surface area contributed by atoms with E-state index in [4.69, 9.17) is 5.73 Å². The van der Waals surface area contributed by atoms with Crippen LogP contribution in [0.4, 0.5) is 0 Å². The zero-order valence-corrected chi connectivity index (χ0v) is 14.1. The lowest BCUT2D eigenvalue weighted by Gasteiger charge is -2.45. The van der Waals surface area contributed by atoms with Crippen LogP contribution >= 0.6 is 0 Å². The summed E-state index contributed by atoms with van der Waals surface area (Å²) in [6.45, 7) is 1.43. The monoisotopic (exact) mass is 329 g/mol. The Kier molecular flexibility index (Phi) is 4.32. The first kappa shape index (κ1) is 16.8. The summed E-state index contributed by atoms with van der Waals surface area (Å²) in [7, 11) is 2.00. The van der Waals surface area contributed by atoms with Crippen LogP contribution in [0.2, 0.25) is 0 Å². The number of nitrogens with zero attached hydrogens (tertiary/aromatic N) is 4. The summed E-state index contributed by atoms with van der Waals surface area (Å²) in [5.74, 6) is -0.365.